The lowest BCUT2D eigenvalue weighted by molar-refractivity contribution is 0.749. The number of nitrogens with zero attached hydrogens (tertiary/aromatic N) is 3. The van der Waals surface area contributed by atoms with Gasteiger partial charge in [0, 0.05) is 9.35 Å². The highest BCUT2D eigenvalue weighted by molar-refractivity contribution is 9.10. The Bertz CT molecular complexity index is 844. The number of thiophene rings is 1. The highest BCUT2D eigenvalue weighted by Crippen LogP contribution is 2.30. The molecule has 1 unspecified atom stereocenters. The second-order valence-corrected chi connectivity index (χ2v) is 7.16. The standard InChI is InChI=1S/C15H11BrClN3S/c1-9(17)15-19-14-10(7-18)3-2-4-12(14)20(15)8-13-11(16)5-6-21-13/h2-6,9H,8H2,1H3. The number of benzene rings is 1. The molecule has 0 saturated carbocycles. The molecule has 0 bridgehead atoms. The highest BCUT2D eigenvalue weighted by Gasteiger charge is 2.18. The van der Waals surface area contributed by atoms with Crippen molar-refractivity contribution in [3.63, 3.8) is 0 Å². The van der Waals surface area contributed by atoms with Gasteiger partial charge in [0.1, 0.15) is 17.4 Å². The van der Waals surface area contributed by atoms with Crippen molar-refractivity contribution >= 4 is 49.9 Å². The van der Waals surface area contributed by atoms with Gasteiger partial charge in [-0.15, -0.1) is 22.9 Å². The molecule has 0 aliphatic carbocycles. The summed E-state index contributed by atoms with van der Waals surface area (Å²) in [6, 6.07) is 9.87. The average molecular weight is 381 g/mol. The fourth-order valence-electron chi connectivity index (χ4n) is 2.31. The quantitative estimate of drug-likeness (QED) is 0.595. The van der Waals surface area contributed by atoms with Crippen LogP contribution in [-0.2, 0) is 6.54 Å². The van der Waals surface area contributed by atoms with E-state index in [1.165, 1.54) is 4.88 Å². The van der Waals surface area contributed by atoms with Gasteiger partial charge in [0.2, 0.25) is 0 Å². The zero-order valence-electron chi connectivity index (χ0n) is 11.2. The summed E-state index contributed by atoms with van der Waals surface area (Å²) in [5, 5.41) is 11.1. The number of aromatic nitrogens is 2. The predicted octanol–water partition coefficient (Wildman–Crippen LogP) is 5.08. The third-order valence-corrected chi connectivity index (χ3v) is 5.38. The molecule has 21 heavy (non-hydrogen) atoms. The zero-order valence-corrected chi connectivity index (χ0v) is 14.3. The number of nitriles is 1. The molecule has 3 nitrogen and oxygen atoms in total. The molecule has 0 N–H and O–H groups in total. The average Bonchev–Trinajstić information content (AvgIpc) is 3.04. The molecule has 0 fully saturated rings. The van der Waals surface area contributed by atoms with E-state index in [4.69, 9.17) is 11.6 Å². The van der Waals surface area contributed by atoms with Crippen LogP contribution in [0.25, 0.3) is 11.0 Å². The van der Waals surface area contributed by atoms with Crippen molar-refractivity contribution in [2.75, 3.05) is 0 Å². The van der Waals surface area contributed by atoms with Gasteiger partial charge in [-0.1, -0.05) is 6.07 Å². The van der Waals surface area contributed by atoms with Gasteiger partial charge in [-0.05, 0) is 46.4 Å². The summed E-state index contributed by atoms with van der Waals surface area (Å²) in [4.78, 5) is 5.79. The molecule has 0 aliphatic rings. The molecule has 2 aromatic heterocycles. The number of alkyl halides is 1. The first-order valence-electron chi connectivity index (χ1n) is 6.37. The fourth-order valence-corrected chi connectivity index (χ4v) is 3.94. The van der Waals surface area contributed by atoms with Crippen molar-refractivity contribution < 1.29 is 0 Å². The highest BCUT2D eigenvalue weighted by atomic mass is 79.9. The van der Waals surface area contributed by atoms with Crippen molar-refractivity contribution in [2.24, 2.45) is 0 Å². The van der Waals surface area contributed by atoms with Crippen LogP contribution < -0.4 is 0 Å². The normalized spacial score (nSPS) is 12.5. The number of hydrogen-bond donors (Lipinski definition) is 0. The third-order valence-electron chi connectivity index (χ3n) is 3.28. The fraction of sp³-hybridized carbons (Fsp3) is 0.200. The van der Waals surface area contributed by atoms with Crippen molar-refractivity contribution in [3.8, 4) is 6.07 Å². The Balaban J connectivity index is 2.22. The minimum atomic E-state index is -0.220. The van der Waals surface area contributed by atoms with Crippen molar-refractivity contribution in [2.45, 2.75) is 18.8 Å². The van der Waals surface area contributed by atoms with E-state index in [0.717, 1.165) is 21.3 Å². The molecule has 1 aromatic carbocycles. The first-order chi connectivity index (χ1) is 10.1. The van der Waals surface area contributed by atoms with Crippen LogP contribution in [-0.4, -0.2) is 9.55 Å². The maximum Gasteiger partial charge on any atom is 0.128 e. The minimum Gasteiger partial charge on any atom is -0.321 e. The summed E-state index contributed by atoms with van der Waals surface area (Å²) in [6.45, 7) is 2.59. The number of para-hydroxylation sites is 1. The van der Waals surface area contributed by atoms with E-state index in [-0.39, 0.29) is 5.38 Å². The second kappa shape index (κ2) is 5.80. The molecule has 0 amide bonds. The molecule has 106 valence electrons. The summed E-state index contributed by atoms with van der Waals surface area (Å²) in [5.41, 5.74) is 2.24. The van der Waals surface area contributed by atoms with E-state index < -0.39 is 0 Å². The Kier molecular flexibility index (Phi) is 4.03. The van der Waals surface area contributed by atoms with Gasteiger partial charge in [-0.25, -0.2) is 4.98 Å². The minimum absolute atomic E-state index is 0.220. The van der Waals surface area contributed by atoms with Crippen LogP contribution in [0.15, 0.2) is 34.1 Å². The molecular weight excluding hydrogens is 370 g/mol. The molecule has 0 spiro atoms. The van der Waals surface area contributed by atoms with Crippen molar-refractivity contribution in [3.05, 3.63) is 50.4 Å². The number of rotatable bonds is 3. The number of imidazole rings is 1. The van der Waals surface area contributed by atoms with Gasteiger partial charge < -0.3 is 4.57 Å². The SMILES string of the molecule is CC(Cl)c1nc2c(C#N)cccc2n1Cc1sccc1Br. The molecule has 0 radical (unpaired) electrons. The molecule has 3 rings (SSSR count). The lowest BCUT2D eigenvalue weighted by Crippen LogP contribution is -2.05. The van der Waals surface area contributed by atoms with Gasteiger partial charge in [-0.3, -0.25) is 0 Å². The third kappa shape index (κ3) is 2.59. The monoisotopic (exact) mass is 379 g/mol. The predicted molar refractivity (Wildman–Crippen MR) is 89.8 cm³/mol. The molecule has 2 heterocycles. The molecule has 1 atom stereocenters. The van der Waals surface area contributed by atoms with Gasteiger partial charge >= 0.3 is 0 Å². The summed E-state index contributed by atoms with van der Waals surface area (Å²) in [6.07, 6.45) is 0. The van der Waals surface area contributed by atoms with E-state index in [0.29, 0.717) is 12.1 Å². The van der Waals surface area contributed by atoms with Crippen LogP contribution >= 0.6 is 38.9 Å². The Morgan fingerprint density at radius 1 is 1.48 bits per heavy atom. The first-order valence-corrected chi connectivity index (χ1v) is 8.48. The Labute approximate surface area is 139 Å². The summed E-state index contributed by atoms with van der Waals surface area (Å²) in [5.74, 6) is 0.787. The topological polar surface area (TPSA) is 41.6 Å². The molecule has 0 aliphatic heterocycles. The summed E-state index contributed by atoms with van der Waals surface area (Å²) >= 11 is 11.5. The molecular formula is C15H11BrClN3S. The zero-order chi connectivity index (χ0) is 15.0. The van der Waals surface area contributed by atoms with Crippen LogP contribution in [0.2, 0.25) is 0 Å². The van der Waals surface area contributed by atoms with Crippen LogP contribution in [0.1, 0.15) is 28.6 Å². The Morgan fingerprint density at radius 3 is 2.90 bits per heavy atom. The Morgan fingerprint density at radius 2 is 2.29 bits per heavy atom. The second-order valence-electron chi connectivity index (χ2n) is 4.65. The van der Waals surface area contributed by atoms with Crippen LogP contribution in [0.3, 0.4) is 0 Å². The van der Waals surface area contributed by atoms with E-state index in [1.807, 2.05) is 30.5 Å². The van der Waals surface area contributed by atoms with E-state index in [1.54, 1.807) is 17.4 Å². The Hall–Kier alpha value is -1.35. The summed E-state index contributed by atoms with van der Waals surface area (Å²) in [7, 11) is 0. The van der Waals surface area contributed by atoms with Crippen molar-refractivity contribution in [1.82, 2.24) is 9.55 Å². The van der Waals surface area contributed by atoms with E-state index in [2.05, 4.69) is 31.6 Å². The largest absolute Gasteiger partial charge is 0.321 e. The number of hydrogen-bond acceptors (Lipinski definition) is 3. The molecule has 0 saturated heterocycles. The van der Waals surface area contributed by atoms with Crippen LogP contribution in [0, 0.1) is 11.3 Å². The smallest absolute Gasteiger partial charge is 0.128 e. The maximum atomic E-state index is 9.24. The first kappa shape index (κ1) is 14.6. The van der Waals surface area contributed by atoms with Gasteiger partial charge in [-0.2, -0.15) is 5.26 Å². The number of halogens is 2. The van der Waals surface area contributed by atoms with E-state index in [9.17, 15) is 5.26 Å². The summed E-state index contributed by atoms with van der Waals surface area (Å²) < 4.78 is 3.17. The van der Waals surface area contributed by atoms with Gasteiger partial charge in [0.25, 0.3) is 0 Å². The van der Waals surface area contributed by atoms with Crippen LogP contribution in [0.4, 0.5) is 0 Å². The van der Waals surface area contributed by atoms with E-state index >= 15 is 0 Å². The molecule has 3 aromatic rings. The van der Waals surface area contributed by atoms with Gasteiger partial charge in [0.05, 0.1) is 23.0 Å². The maximum absolute atomic E-state index is 9.24. The molecule has 6 heteroatoms. The van der Waals surface area contributed by atoms with Gasteiger partial charge in [0.15, 0.2) is 0 Å². The van der Waals surface area contributed by atoms with Crippen molar-refractivity contribution in [1.29, 1.82) is 5.26 Å². The lowest BCUT2D eigenvalue weighted by Gasteiger charge is -2.09. The lowest BCUT2D eigenvalue weighted by atomic mass is 10.2. The van der Waals surface area contributed by atoms with Crippen LogP contribution in [0.5, 0.6) is 0 Å². The number of fused-ring (bicyclic) bond motifs is 1.